The van der Waals surface area contributed by atoms with Gasteiger partial charge in [0.25, 0.3) is 0 Å². The van der Waals surface area contributed by atoms with Crippen LogP contribution in [0.1, 0.15) is 5.56 Å². The maximum absolute atomic E-state index is 13.4. The van der Waals surface area contributed by atoms with Gasteiger partial charge in [-0.15, -0.1) is 0 Å². The van der Waals surface area contributed by atoms with Gasteiger partial charge in [-0.1, -0.05) is 0 Å². The quantitative estimate of drug-likeness (QED) is 0.679. The summed E-state index contributed by atoms with van der Waals surface area (Å²) in [6, 6.07) is 1.43. The number of hydroxylamine groups is 1. The predicted molar refractivity (Wildman–Crippen MR) is 54.5 cm³/mol. The van der Waals surface area contributed by atoms with Crippen LogP contribution in [0.15, 0.2) is 10.5 Å². The van der Waals surface area contributed by atoms with E-state index in [2.05, 4.69) is 26.2 Å². The maximum atomic E-state index is 13.4. The molecule has 15 heavy (non-hydrogen) atoms. The Labute approximate surface area is 94.5 Å². The Balaban J connectivity index is 3.13. The normalized spacial score (nSPS) is 10.5. The van der Waals surface area contributed by atoms with Crippen LogP contribution in [0, 0.1) is 11.6 Å². The third-order valence-corrected chi connectivity index (χ3v) is 2.38. The summed E-state index contributed by atoms with van der Waals surface area (Å²) in [5.41, 5.74) is 2.99. The number of hydrogen-bond acceptors (Lipinski definition) is 3. The average molecular weight is 282 g/mol. The number of benzene rings is 1. The summed E-state index contributed by atoms with van der Waals surface area (Å²) in [6.07, 6.45) is 0. The van der Waals surface area contributed by atoms with Crippen LogP contribution in [-0.4, -0.2) is 14.2 Å². The highest BCUT2D eigenvalue weighted by molar-refractivity contribution is 9.10. The van der Waals surface area contributed by atoms with Gasteiger partial charge in [0.2, 0.25) is 5.82 Å². The highest BCUT2D eigenvalue weighted by atomic mass is 79.9. The lowest BCUT2D eigenvalue weighted by molar-refractivity contribution is 0.0859. The molecule has 0 bridgehead atoms. The molecule has 1 aromatic carbocycles. The van der Waals surface area contributed by atoms with E-state index in [4.69, 9.17) is 4.74 Å². The number of methoxy groups -OCH3 is 1. The number of nitrogens with one attached hydrogen (secondary N) is 1. The third-order valence-electron chi connectivity index (χ3n) is 1.81. The molecule has 0 aromatic heterocycles. The molecule has 0 spiro atoms. The van der Waals surface area contributed by atoms with E-state index < -0.39 is 11.6 Å². The van der Waals surface area contributed by atoms with Crippen molar-refractivity contribution in [2.24, 2.45) is 0 Å². The van der Waals surface area contributed by atoms with Crippen molar-refractivity contribution >= 4 is 15.9 Å². The Morgan fingerprint density at radius 1 is 1.33 bits per heavy atom. The lowest BCUT2D eigenvalue weighted by Crippen LogP contribution is -2.12. The van der Waals surface area contributed by atoms with Crippen LogP contribution >= 0.6 is 15.9 Å². The van der Waals surface area contributed by atoms with Crippen molar-refractivity contribution < 1.29 is 18.4 Å². The zero-order chi connectivity index (χ0) is 11.4. The van der Waals surface area contributed by atoms with Crippen LogP contribution in [-0.2, 0) is 11.4 Å². The summed E-state index contributed by atoms with van der Waals surface area (Å²) in [5.74, 6) is -2.10. The summed E-state index contributed by atoms with van der Waals surface area (Å²) in [4.78, 5) is 4.62. The summed E-state index contributed by atoms with van der Waals surface area (Å²) >= 11 is 2.91. The van der Waals surface area contributed by atoms with Gasteiger partial charge in [-0.05, 0) is 22.0 Å². The first kappa shape index (κ1) is 12.4. The molecule has 84 valence electrons. The van der Waals surface area contributed by atoms with Gasteiger partial charge < -0.3 is 9.57 Å². The maximum Gasteiger partial charge on any atom is 0.202 e. The highest BCUT2D eigenvalue weighted by Crippen LogP contribution is 2.30. The fourth-order valence-corrected chi connectivity index (χ4v) is 1.58. The molecule has 0 unspecified atom stereocenters. The zero-order valence-electron chi connectivity index (χ0n) is 8.23. The number of rotatable bonds is 4. The van der Waals surface area contributed by atoms with Crippen LogP contribution in [0.3, 0.4) is 0 Å². The summed E-state index contributed by atoms with van der Waals surface area (Å²) < 4.78 is 31.3. The van der Waals surface area contributed by atoms with E-state index in [9.17, 15) is 8.78 Å². The second kappa shape index (κ2) is 5.39. The van der Waals surface area contributed by atoms with E-state index in [1.165, 1.54) is 20.3 Å². The van der Waals surface area contributed by atoms with Crippen molar-refractivity contribution in [2.45, 2.75) is 6.54 Å². The Morgan fingerprint density at radius 3 is 2.53 bits per heavy atom. The molecule has 1 N–H and O–H groups in total. The molecule has 0 heterocycles. The second-order valence-corrected chi connectivity index (χ2v) is 3.56. The van der Waals surface area contributed by atoms with Crippen molar-refractivity contribution in [1.82, 2.24) is 5.48 Å². The first-order valence-electron chi connectivity index (χ1n) is 4.08. The molecule has 1 rings (SSSR count). The van der Waals surface area contributed by atoms with Gasteiger partial charge in [0, 0.05) is 12.1 Å². The Kier molecular flexibility index (Phi) is 4.44. The number of halogens is 3. The van der Waals surface area contributed by atoms with Crippen LogP contribution < -0.4 is 10.2 Å². The lowest BCUT2D eigenvalue weighted by atomic mass is 10.2. The molecule has 0 aliphatic rings. The fraction of sp³-hybridized carbons (Fsp3) is 0.333. The average Bonchev–Trinajstić information content (AvgIpc) is 2.23. The Bertz CT molecular complexity index is 360. The van der Waals surface area contributed by atoms with Crippen LogP contribution in [0.4, 0.5) is 8.78 Å². The predicted octanol–water partition coefficient (Wildman–Crippen LogP) is 2.39. The lowest BCUT2D eigenvalue weighted by Gasteiger charge is -2.11. The van der Waals surface area contributed by atoms with Crippen molar-refractivity contribution in [2.75, 3.05) is 14.2 Å². The van der Waals surface area contributed by atoms with Crippen LogP contribution in [0.25, 0.3) is 0 Å². The number of ether oxygens (including phenoxy) is 1. The van der Waals surface area contributed by atoms with E-state index in [0.717, 1.165) is 0 Å². The van der Waals surface area contributed by atoms with Crippen molar-refractivity contribution in [3.63, 3.8) is 0 Å². The van der Waals surface area contributed by atoms with Crippen LogP contribution in [0.5, 0.6) is 5.75 Å². The van der Waals surface area contributed by atoms with E-state index >= 15 is 0 Å². The molecule has 3 nitrogen and oxygen atoms in total. The molecule has 0 fully saturated rings. The van der Waals surface area contributed by atoms with E-state index in [1.807, 2.05) is 0 Å². The highest BCUT2D eigenvalue weighted by Gasteiger charge is 2.17. The fourth-order valence-electron chi connectivity index (χ4n) is 1.13. The largest absolute Gasteiger partial charge is 0.493 e. The van der Waals surface area contributed by atoms with Crippen molar-refractivity contribution in [1.29, 1.82) is 0 Å². The van der Waals surface area contributed by atoms with E-state index in [0.29, 0.717) is 5.56 Å². The minimum atomic E-state index is -1.01. The number of hydrogen-bond donors (Lipinski definition) is 1. The van der Waals surface area contributed by atoms with Gasteiger partial charge in [-0.25, -0.2) is 4.39 Å². The Hall–Kier alpha value is -0.720. The first-order valence-corrected chi connectivity index (χ1v) is 4.87. The summed E-state index contributed by atoms with van der Waals surface area (Å²) in [6.45, 7) is 0.218. The second-order valence-electron chi connectivity index (χ2n) is 2.70. The molecule has 1 aromatic rings. The monoisotopic (exact) mass is 281 g/mol. The van der Waals surface area contributed by atoms with Crippen molar-refractivity contribution in [3.8, 4) is 5.75 Å². The van der Waals surface area contributed by atoms with Gasteiger partial charge in [0.05, 0.1) is 18.7 Å². The molecule has 0 atom stereocenters. The first-order chi connectivity index (χ1) is 7.11. The van der Waals surface area contributed by atoms with Crippen molar-refractivity contribution in [3.05, 3.63) is 27.7 Å². The van der Waals surface area contributed by atoms with Gasteiger partial charge in [-0.2, -0.15) is 9.87 Å². The minimum Gasteiger partial charge on any atom is -0.493 e. The third kappa shape index (κ3) is 2.64. The molecular formula is C9H10BrF2NO2. The van der Waals surface area contributed by atoms with Gasteiger partial charge in [-0.3, -0.25) is 0 Å². The van der Waals surface area contributed by atoms with Gasteiger partial charge >= 0.3 is 0 Å². The zero-order valence-corrected chi connectivity index (χ0v) is 9.82. The van der Waals surface area contributed by atoms with Gasteiger partial charge in [0.15, 0.2) is 11.6 Å². The Morgan fingerprint density at radius 2 is 2.00 bits per heavy atom. The van der Waals surface area contributed by atoms with E-state index in [1.54, 1.807) is 0 Å². The molecule has 0 saturated heterocycles. The smallest absolute Gasteiger partial charge is 0.202 e. The minimum absolute atomic E-state index is 0.0497. The SMILES string of the molecule is CONCc1cc(Br)c(F)c(F)c1OC. The molecule has 0 amide bonds. The molecule has 6 heteroatoms. The van der Waals surface area contributed by atoms with Crippen LogP contribution in [0.2, 0.25) is 0 Å². The molecular weight excluding hydrogens is 272 g/mol. The molecule has 0 saturated carbocycles. The molecule has 0 radical (unpaired) electrons. The summed E-state index contributed by atoms with van der Waals surface area (Å²) in [5, 5.41) is 0. The van der Waals surface area contributed by atoms with Gasteiger partial charge in [0.1, 0.15) is 0 Å². The van der Waals surface area contributed by atoms with E-state index in [-0.39, 0.29) is 16.8 Å². The standard InChI is InChI=1S/C9H10BrF2NO2/c1-14-9-5(4-13-15-2)3-6(10)7(11)8(9)12/h3,13H,4H2,1-2H3. The molecule has 0 aliphatic heterocycles. The topological polar surface area (TPSA) is 30.5 Å². The molecule has 0 aliphatic carbocycles. The summed E-state index contributed by atoms with van der Waals surface area (Å²) in [7, 11) is 2.71.